The predicted molar refractivity (Wildman–Crippen MR) is 55.4 cm³/mol. The van der Waals surface area contributed by atoms with Crippen LogP contribution >= 0.6 is 0 Å². The molecule has 0 aromatic carbocycles. The third-order valence-electron chi connectivity index (χ3n) is 2.47. The molecule has 90 valence electrons. The Labute approximate surface area is 97.5 Å². The van der Waals surface area contributed by atoms with Crippen LogP contribution in [0.5, 0.6) is 0 Å². The molecular formula is C11H11NO5. The van der Waals surface area contributed by atoms with Crippen molar-refractivity contribution in [2.75, 3.05) is 14.2 Å². The molecule has 0 saturated heterocycles. The van der Waals surface area contributed by atoms with Gasteiger partial charge in [0, 0.05) is 5.56 Å². The van der Waals surface area contributed by atoms with Crippen molar-refractivity contribution >= 4 is 11.9 Å². The zero-order chi connectivity index (χ0) is 12.4. The number of aromatic nitrogens is 1. The van der Waals surface area contributed by atoms with Gasteiger partial charge >= 0.3 is 11.9 Å². The topological polar surface area (TPSA) is 74.7 Å². The highest BCUT2D eigenvalue weighted by Gasteiger charge is 2.25. The quantitative estimate of drug-likeness (QED) is 0.704. The summed E-state index contributed by atoms with van der Waals surface area (Å²) in [7, 11) is 2.47. The molecular weight excluding hydrogens is 226 g/mol. The fraction of sp³-hybridized carbons (Fsp3) is 0.364. The first-order valence-electron chi connectivity index (χ1n) is 4.94. The Morgan fingerprint density at radius 3 is 2.59 bits per heavy atom. The molecule has 0 bridgehead atoms. The Bertz CT molecular complexity index is 440. The SMILES string of the molecule is COC(=O)c1cc2c(nc1C(=O)OC)COC2. The van der Waals surface area contributed by atoms with Gasteiger partial charge in [-0.05, 0) is 6.07 Å². The van der Waals surface area contributed by atoms with Crippen LogP contribution in [-0.2, 0) is 27.4 Å². The summed E-state index contributed by atoms with van der Waals surface area (Å²) in [6.45, 7) is 0.717. The van der Waals surface area contributed by atoms with Crippen LogP contribution < -0.4 is 0 Å². The number of hydrogen-bond donors (Lipinski definition) is 0. The molecule has 1 aromatic rings. The number of rotatable bonds is 2. The Hall–Kier alpha value is -1.95. The summed E-state index contributed by atoms with van der Waals surface area (Å²) in [5.74, 6) is -1.28. The van der Waals surface area contributed by atoms with E-state index >= 15 is 0 Å². The van der Waals surface area contributed by atoms with E-state index < -0.39 is 11.9 Å². The summed E-state index contributed by atoms with van der Waals surface area (Å²) in [6, 6.07) is 1.56. The Kier molecular flexibility index (Phi) is 3.06. The number of esters is 2. The van der Waals surface area contributed by atoms with Crippen LogP contribution in [0.3, 0.4) is 0 Å². The first-order valence-corrected chi connectivity index (χ1v) is 4.94. The number of carbonyl (C=O) groups is 2. The van der Waals surface area contributed by atoms with Crippen LogP contribution in [0.2, 0.25) is 0 Å². The molecule has 0 fully saturated rings. The minimum absolute atomic E-state index is 0.0383. The van der Waals surface area contributed by atoms with Crippen LogP contribution in [0.15, 0.2) is 6.07 Å². The van der Waals surface area contributed by atoms with Gasteiger partial charge in [-0.2, -0.15) is 0 Å². The molecule has 1 aliphatic rings. The molecule has 0 amide bonds. The van der Waals surface area contributed by atoms with Crippen LogP contribution in [0.4, 0.5) is 0 Å². The second-order valence-electron chi connectivity index (χ2n) is 3.47. The number of pyridine rings is 1. The molecule has 0 aliphatic carbocycles. The molecule has 0 radical (unpaired) electrons. The van der Waals surface area contributed by atoms with Crippen LogP contribution in [0.1, 0.15) is 32.1 Å². The van der Waals surface area contributed by atoms with Gasteiger partial charge in [-0.1, -0.05) is 0 Å². The maximum atomic E-state index is 11.5. The van der Waals surface area contributed by atoms with Crippen molar-refractivity contribution in [3.05, 3.63) is 28.6 Å². The minimum atomic E-state index is -0.667. The van der Waals surface area contributed by atoms with Gasteiger partial charge in [-0.3, -0.25) is 0 Å². The van der Waals surface area contributed by atoms with E-state index in [4.69, 9.17) is 4.74 Å². The average Bonchev–Trinajstić information content (AvgIpc) is 2.82. The van der Waals surface area contributed by atoms with Gasteiger partial charge in [0.05, 0.1) is 38.7 Å². The third kappa shape index (κ3) is 1.99. The van der Waals surface area contributed by atoms with Crippen molar-refractivity contribution in [2.24, 2.45) is 0 Å². The van der Waals surface area contributed by atoms with Crippen molar-refractivity contribution in [2.45, 2.75) is 13.2 Å². The summed E-state index contributed by atoms with van der Waals surface area (Å²) in [5.41, 5.74) is 1.50. The fourth-order valence-corrected chi connectivity index (χ4v) is 1.62. The summed E-state index contributed by atoms with van der Waals surface area (Å²) < 4.78 is 14.4. The molecule has 17 heavy (non-hydrogen) atoms. The lowest BCUT2D eigenvalue weighted by molar-refractivity contribution is 0.0549. The van der Waals surface area contributed by atoms with Gasteiger partial charge in [0.1, 0.15) is 0 Å². The molecule has 0 spiro atoms. The zero-order valence-electron chi connectivity index (χ0n) is 9.48. The molecule has 1 aromatic heterocycles. The molecule has 6 nitrogen and oxygen atoms in total. The second-order valence-corrected chi connectivity index (χ2v) is 3.47. The van der Waals surface area contributed by atoms with Crippen LogP contribution in [0, 0.1) is 0 Å². The van der Waals surface area contributed by atoms with E-state index in [0.29, 0.717) is 18.9 Å². The number of fused-ring (bicyclic) bond motifs is 1. The number of nitrogens with zero attached hydrogens (tertiary/aromatic N) is 1. The van der Waals surface area contributed by atoms with E-state index in [1.807, 2.05) is 0 Å². The van der Waals surface area contributed by atoms with E-state index in [0.717, 1.165) is 5.56 Å². The maximum absolute atomic E-state index is 11.5. The number of carbonyl (C=O) groups excluding carboxylic acids is 2. The molecule has 0 atom stereocenters. The van der Waals surface area contributed by atoms with Crippen molar-refractivity contribution in [3.8, 4) is 0 Å². The van der Waals surface area contributed by atoms with Crippen LogP contribution in [0.25, 0.3) is 0 Å². The number of ether oxygens (including phenoxy) is 3. The van der Waals surface area contributed by atoms with Crippen molar-refractivity contribution in [1.29, 1.82) is 0 Å². The van der Waals surface area contributed by atoms with Crippen LogP contribution in [-0.4, -0.2) is 31.1 Å². The lowest BCUT2D eigenvalue weighted by Gasteiger charge is -2.07. The van der Waals surface area contributed by atoms with E-state index in [1.165, 1.54) is 14.2 Å². The molecule has 0 N–H and O–H groups in total. The number of methoxy groups -OCH3 is 2. The Morgan fingerprint density at radius 1 is 1.24 bits per heavy atom. The van der Waals surface area contributed by atoms with Gasteiger partial charge in [-0.25, -0.2) is 14.6 Å². The van der Waals surface area contributed by atoms with E-state index in [2.05, 4.69) is 14.5 Å². The number of hydrogen-bond acceptors (Lipinski definition) is 6. The first-order chi connectivity index (χ1) is 8.17. The Balaban J connectivity index is 2.54. The molecule has 2 rings (SSSR count). The van der Waals surface area contributed by atoms with Gasteiger partial charge in [0.25, 0.3) is 0 Å². The monoisotopic (exact) mass is 237 g/mol. The first kappa shape index (κ1) is 11.5. The molecule has 1 aliphatic heterocycles. The lowest BCUT2D eigenvalue weighted by Crippen LogP contribution is -2.15. The molecule has 0 saturated carbocycles. The lowest BCUT2D eigenvalue weighted by atomic mass is 10.1. The van der Waals surface area contributed by atoms with E-state index in [9.17, 15) is 9.59 Å². The predicted octanol–water partition coefficient (Wildman–Crippen LogP) is 0.685. The summed E-state index contributed by atoms with van der Waals surface area (Å²) in [6.07, 6.45) is 0. The highest BCUT2D eigenvalue weighted by Crippen LogP contribution is 2.22. The van der Waals surface area contributed by atoms with Gasteiger partial charge < -0.3 is 14.2 Å². The third-order valence-corrected chi connectivity index (χ3v) is 2.47. The smallest absolute Gasteiger partial charge is 0.357 e. The van der Waals surface area contributed by atoms with E-state index in [1.54, 1.807) is 6.07 Å². The minimum Gasteiger partial charge on any atom is -0.465 e. The fourth-order valence-electron chi connectivity index (χ4n) is 1.62. The van der Waals surface area contributed by atoms with Gasteiger partial charge in [0.2, 0.25) is 0 Å². The summed E-state index contributed by atoms with van der Waals surface area (Å²) in [5, 5.41) is 0. The van der Waals surface area contributed by atoms with Crippen molar-refractivity contribution in [3.63, 3.8) is 0 Å². The molecule has 6 heteroatoms. The highest BCUT2D eigenvalue weighted by atomic mass is 16.5. The van der Waals surface area contributed by atoms with Crippen molar-refractivity contribution < 1.29 is 23.8 Å². The summed E-state index contributed by atoms with van der Waals surface area (Å²) in [4.78, 5) is 27.2. The standard InChI is InChI=1S/C11H11NO5/c1-15-10(13)7-3-6-4-17-5-8(6)12-9(7)11(14)16-2/h3H,4-5H2,1-2H3. The Morgan fingerprint density at radius 2 is 1.94 bits per heavy atom. The van der Waals surface area contributed by atoms with Crippen molar-refractivity contribution in [1.82, 2.24) is 4.98 Å². The summed E-state index contributed by atoms with van der Waals surface area (Å²) >= 11 is 0. The highest BCUT2D eigenvalue weighted by molar-refractivity contribution is 6.01. The maximum Gasteiger partial charge on any atom is 0.357 e. The van der Waals surface area contributed by atoms with Gasteiger partial charge in [-0.15, -0.1) is 0 Å². The van der Waals surface area contributed by atoms with Gasteiger partial charge in [0.15, 0.2) is 5.69 Å². The normalized spacial score (nSPS) is 13.1. The average molecular weight is 237 g/mol. The largest absolute Gasteiger partial charge is 0.465 e. The molecule has 0 unspecified atom stereocenters. The second kappa shape index (κ2) is 4.50. The van der Waals surface area contributed by atoms with E-state index in [-0.39, 0.29) is 11.3 Å². The zero-order valence-corrected chi connectivity index (χ0v) is 9.48. The molecule has 2 heterocycles.